The molecule has 8 heterocycles. The topological polar surface area (TPSA) is 314 Å². The summed E-state index contributed by atoms with van der Waals surface area (Å²) in [4.78, 5) is 83.7. The predicted octanol–water partition coefficient (Wildman–Crippen LogP) is 0.262. The second-order valence-electron chi connectivity index (χ2n) is 10.3. The Kier molecular flexibility index (Phi) is 13.0. The van der Waals surface area contributed by atoms with Crippen LogP contribution in [-0.4, -0.2) is 105 Å². The van der Waals surface area contributed by atoms with Crippen LogP contribution in [0.25, 0.3) is 27.9 Å². The molecule has 0 bridgehead atoms. The molecule has 8 aromatic heterocycles. The molecule has 0 amide bonds. The second-order valence-corrected chi connectivity index (χ2v) is 11.0. The molecule has 56 heavy (non-hydrogen) atoms. The molecule has 0 atom stereocenters. The van der Waals surface area contributed by atoms with Gasteiger partial charge in [0, 0.05) is 5.56 Å². The van der Waals surface area contributed by atoms with Gasteiger partial charge < -0.3 is 35.3 Å². The minimum absolute atomic E-state index is 0.174. The van der Waals surface area contributed by atoms with Gasteiger partial charge in [-0.25, -0.2) is 52.7 Å². The Balaban J connectivity index is 0.000000136. The quantitative estimate of drug-likeness (QED) is 0.118. The number of esters is 2. The van der Waals surface area contributed by atoms with E-state index >= 15 is 0 Å². The number of fused-ring (bicyclic) bond motifs is 3. The Morgan fingerprint density at radius 3 is 1.86 bits per heavy atom. The fourth-order valence-electron chi connectivity index (χ4n) is 4.24. The maximum atomic E-state index is 11.5. The molecule has 0 aliphatic rings. The van der Waals surface area contributed by atoms with Crippen molar-refractivity contribution in [2.24, 2.45) is 0 Å². The highest BCUT2D eigenvalue weighted by Crippen LogP contribution is 2.16. The van der Waals surface area contributed by atoms with Crippen molar-refractivity contribution in [1.29, 1.82) is 0 Å². The summed E-state index contributed by atoms with van der Waals surface area (Å²) in [5.74, 6) is 5.06. The Morgan fingerprint density at radius 2 is 1.27 bits per heavy atom. The number of carbonyl (C=O) groups excluding carboxylic acids is 2. The number of aromatic nitrogens is 16. The van der Waals surface area contributed by atoms with Crippen LogP contribution in [0.3, 0.4) is 0 Å². The molecule has 0 aliphatic carbocycles. The first-order chi connectivity index (χ1) is 27.1. The molecule has 9 rings (SSSR count). The first-order valence-electron chi connectivity index (χ1n) is 15.4. The summed E-state index contributed by atoms with van der Waals surface area (Å²) in [6.45, 7) is 0. The van der Waals surface area contributed by atoms with E-state index in [1.54, 1.807) is 0 Å². The van der Waals surface area contributed by atoms with Gasteiger partial charge in [-0.05, 0) is 15.9 Å². The smallest absolute Gasteiger partial charge is 0.358 e. The lowest BCUT2D eigenvalue weighted by Crippen LogP contribution is -2.15. The third kappa shape index (κ3) is 9.46. The SMILES string of the molecule is COC(=O)c1cnc[nH]1.COC(=O)c1cncn1N.O=c1[nH]cnn2c(-c3ccccc3)ncc12.O=c1[nH]cnn2c(Br)ncc12.O=c1[nH]cnn2cncc12. The van der Waals surface area contributed by atoms with Crippen LogP contribution in [0.4, 0.5) is 0 Å². The summed E-state index contributed by atoms with van der Waals surface area (Å²) in [6, 6.07) is 9.63. The normalized spacial score (nSPS) is 10.1. The Morgan fingerprint density at radius 1 is 0.661 bits per heavy atom. The van der Waals surface area contributed by atoms with Crippen LogP contribution < -0.4 is 22.5 Å². The standard InChI is InChI=1S/C11H8N4O.C5H3BrN4O.C5H4N4O.C5H7N3O2.C5H6N2O2/c16-11-9-6-12-10(15(9)14-7-13-11)8-4-2-1-3-5-8;6-5-7-1-3-4(11)8-2-9-10(3)5;10-5-4-1-6-3-9(4)8-2-7-5;1-10-5(9)4-2-7-3-8(4)6;1-9-5(8)4-2-6-3-7-4/h1-7H,(H,13,14,16);1-2H,(H,8,9,11);1-3H,(H,7,8,10);2-3H,6H2,1H3;2-3H,1H3,(H,6,7). The highest BCUT2D eigenvalue weighted by atomic mass is 79.9. The molecule has 6 N–H and O–H groups in total. The third-order valence-electron chi connectivity index (χ3n) is 6.86. The van der Waals surface area contributed by atoms with Gasteiger partial charge in [0.2, 0.25) is 0 Å². The van der Waals surface area contributed by atoms with E-state index in [-0.39, 0.29) is 22.4 Å². The molecular formula is C31H28BrN17O7. The number of hydrogen-bond acceptors (Lipinski definition) is 16. The van der Waals surface area contributed by atoms with Gasteiger partial charge in [-0.2, -0.15) is 15.3 Å². The van der Waals surface area contributed by atoms with Crippen LogP contribution in [0.5, 0.6) is 0 Å². The lowest BCUT2D eigenvalue weighted by atomic mass is 10.2. The van der Waals surface area contributed by atoms with Gasteiger partial charge in [-0.15, -0.1) is 0 Å². The molecule has 9 aromatic rings. The number of nitrogens with zero attached hydrogens (tertiary/aromatic N) is 12. The van der Waals surface area contributed by atoms with Crippen molar-refractivity contribution in [2.45, 2.75) is 0 Å². The Hall–Kier alpha value is -8.09. The molecule has 25 heteroatoms. The number of rotatable bonds is 3. The lowest BCUT2D eigenvalue weighted by Gasteiger charge is -1.98. The summed E-state index contributed by atoms with van der Waals surface area (Å²) in [5, 5.41) is 11.7. The molecule has 0 saturated heterocycles. The Labute approximate surface area is 319 Å². The number of ether oxygens (including phenoxy) is 2. The van der Waals surface area contributed by atoms with Gasteiger partial charge in [-0.1, -0.05) is 30.3 Å². The maximum absolute atomic E-state index is 11.5. The Bertz CT molecular complexity index is 2840. The summed E-state index contributed by atoms with van der Waals surface area (Å²) in [7, 11) is 2.61. The summed E-state index contributed by atoms with van der Waals surface area (Å²) < 4.78 is 14.8. The zero-order valence-electron chi connectivity index (χ0n) is 28.9. The van der Waals surface area contributed by atoms with E-state index in [0.717, 1.165) is 10.2 Å². The molecule has 1 aromatic carbocycles. The summed E-state index contributed by atoms with van der Waals surface area (Å²) in [6.07, 6.45) is 15.4. The molecule has 286 valence electrons. The second kappa shape index (κ2) is 18.6. The van der Waals surface area contributed by atoms with Gasteiger partial charge in [0.25, 0.3) is 16.7 Å². The third-order valence-corrected chi connectivity index (χ3v) is 7.40. The maximum Gasteiger partial charge on any atom is 0.358 e. The summed E-state index contributed by atoms with van der Waals surface area (Å²) in [5.41, 5.74) is 2.32. The van der Waals surface area contributed by atoms with Crippen LogP contribution in [-0.2, 0) is 9.47 Å². The van der Waals surface area contributed by atoms with E-state index in [9.17, 15) is 24.0 Å². The van der Waals surface area contributed by atoms with Crippen molar-refractivity contribution < 1.29 is 19.1 Å². The van der Waals surface area contributed by atoms with E-state index in [1.807, 2.05) is 30.3 Å². The number of aromatic amines is 4. The van der Waals surface area contributed by atoms with Gasteiger partial charge >= 0.3 is 11.9 Å². The van der Waals surface area contributed by atoms with Gasteiger partial charge in [0.05, 0.1) is 51.5 Å². The largest absolute Gasteiger partial charge is 0.464 e. The number of hydrogen-bond donors (Lipinski definition) is 5. The first-order valence-corrected chi connectivity index (χ1v) is 16.2. The molecule has 0 fully saturated rings. The average molecular weight is 831 g/mol. The molecule has 0 radical (unpaired) electrons. The number of carbonyl (C=O) groups is 2. The number of methoxy groups -OCH3 is 2. The van der Waals surface area contributed by atoms with E-state index in [2.05, 4.69) is 85.6 Å². The van der Waals surface area contributed by atoms with E-state index < -0.39 is 11.9 Å². The highest BCUT2D eigenvalue weighted by Gasteiger charge is 2.10. The van der Waals surface area contributed by atoms with Crippen molar-refractivity contribution in [1.82, 2.24) is 78.4 Å². The van der Waals surface area contributed by atoms with Gasteiger partial charge in [-0.3, -0.25) is 14.4 Å². The van der Waals surface area contributed by atoms with Crippen molar-refractivity contribution in [3.8, 4) is 11.4 Å². The fourth-order valence-corrected chi connectivity index (χ4v) is 4.62. The summed E-state index contributed by atoms with van der Waals surface area (Å²) >= 11 is 3.14. The van der Waals surface area contributed by atoms with Crippen LogP contribution in [0.1, 0.15) is 21.0 Å². The lowest BCUT2D eigenvalue weighted by molar-refractivity contribution is 0.0583. The van der Waals surface area contributed by atoms with Crippen molar-refractivity contribution in [3.05, 3.63) is 146 Å². The molecule has 0 spiro atoms. The number of imidazole rings is 5. The minimum atomic E-state index is -0.486. The number of H-pyrrole nitrogens is 4. The number of halogens is 1. The van der Waals surface area contributed by atoms with Crippen molar-refractivity contribution in [3.63, 3.8) is 0 Å². The number of nitrogens with one attached hydrogen (secondary N) is 4. The van der Waals surface area contributed by atoms with E-state index in [4.69, 9.17) is 5.84 Å². The average Bonchev–Trinajstić information content (AvgIpc) is 4.08. The monoisotopic (exact) mass is 829 g/mol. The molecule has 24 nitrogen and oxygen atoms in total. The number of nitrogens with two attached hydrogens (primary N) is 1. The van der Waals surface area contributed by atoms with Gasteiger partial charge in [0.1, 0.15) is 42.8 Å². The van der Waals surface area contributed by atoms with Crippen LogP contribution in [0, 0.1) is 0 Å². The zero-order valence-corrected chi connectivity index (χ0v) is 30.5. The van der Waals surface area contributed by atoms with Crippen molar-refractivity contribution in [2.75, 3.05) is 20.1 Å². The molecule has 0 saturated carbocycles. The minimum Gasteiger partial charge on any atom is -0.464 e. The number of benzene rings is 1. The predicted molar refractivity (Wildman–Crippen MR) is 198 cm³/mol. The van der Waals surface area contributed by atoms with Gasteiger partial charge in [0.15, 0.2) is 27.3 Å². The van der Waals surface area contributed by atoms with E-state index in [0.29, 0.717) is 32.8 Å². The van der Waals surface area contributed by atoms with Crippen LogP contribution >= 0.6 is 15.9 Å². The molecule has 0 unspecified atom stereocenters. The molecule has 0 aliphatic heterocycles. The van der Waals surface area contributed by atoms with E-state index in [1.165, 1.54) is 96.7 Å². The number of nitrogen functional groups attached to an aromatic ring is 1. The highest BCUT2D eigenvalue weighted by molar-refractivity contribution is 9.10. The first kappa shape index (κ1) is 39.1. The van der Waals surface area contributed by atoms with Crippen LogP contribution in [0.15, 0.2) is 118 Å². The van der Waals surface area contributed by atoms with Crippen LogP contribution in [0.2, 0.25) is 0 Å². The fraction of sp³-hybridized carbons (Fsp3) is 0.0645. The molecular weight excluding hydrogens is 802 g/mol. The van der Waals surface area contributed by atoms with Crippen molar-refractivity contribution >= 4 is 44.4 Å². The zero-order chi connectivity index (χ0) is 40.0.